The lowest BCUT2D eigenvalue weighted by atomic mass is 9.81. The van der Waals surface area contributed by atoms with Crippen LogP contribution in [0.4, 0.5) is 17.6 Å². The molecule has 0 saturated heterocycles. The molecule has 2 rings (SSSR count). The molecule has 0 radical (unpaired) electrons. The average Bonchev–Trinajstić information content (AvgIpc) is 2.41. The Hall–Kier alpha value is -2.13. The van der Waals surface area contributed by atoms with Gasteiger partial charge in [0.2, 0.25) is 5.56 Å². The van der Waals surface area contributed by atoms with Crippen LogP contribution < -0.4 is 11.0 Å². The highest BCUT2D eigenvalue weighted by Gasteiger charge is 2.34. The first-order chi connectivity index (χ1) is 10.2. The van der Waals surface area contributed by atoms with E-state index in [1.54, 1.807) is 0 Å². The second kappa shape index (κ2) is 5.94. The van der Waals surface area contributed by atoms with Crippen LogP contribution in [0.5, 0.6) is 0 Å². The average molecular weight is 315 g/mol. The van der Waals surface area contributed by atoms with Gasteiger partial charge < -0.3 is 14.6 Å². The van der Waals surface area contributed by atoms with Gasteiger partial charge in [0, 0.05) is 17.8 Å². The number of hydrogen-bond acceptors (Lipinski definition) is 3. The molecular formula is C13H10BF4NO3. The summed E-state index contributed by atoms with van der Waals surface area (Å²) in [4.78, 5) is 11.7. The minimum absolute atomic E-state index is 0.0641. The Morgan fingerprint density at radius 2 is 1.86 bits per heavy atom. The Morgan fingerprint density at radius 3 is 2.41 bits per heavy atom. The highest BCUT2D eigenvalue weighted by Crippen LogP contribution is 2.32. The van der Waals surface area contributed by atoms with Crippen molar-refractivity contribution in [2.75, 3.05) is 0 Å². The maximum absolute atomic E-state index is 13.9. The van der Waals surface area contributed by atoms with Gasteiger partial charge in [0.1, 0.15) is 5.82 Å². The van der Waals surface area contributed by atoms with Crippen LogP contribution in [0.25, 0.3) is 0 Å². The number of aromatic nitrogens is 1. The quantitative estimate of drug-likeness (QED) is 0.648. The molecule has 1 aromatic heterocycles. The summed E-state index contributed by atoms with van der Waals surface area (Å²) in [6, 6.07) is 4.94. The van der Waals surface area contributed by atoms with E-state index in [-0.39, 0.29) is 11.0 Å². The molecular weight excluding hydrogens is 305 g/mol. The molecule has 0 aliphatic carbocycles. The number of nitrogens with zero attached hydrogens (tertiary/aromatic N) is 1. The third-order valence-corrected chi connectivity index (χ3v) is 3.04. The van der Waals surface area contributed by atoms with E-state index in [1.165, 1.54) is 6.07 Å². The molecule has 1 aromatic carbocycles. The summed E-state index contributed by atoms with van der Waals surface area (Å²) in [5.74, 6) is -1.44. The van der Waals surface area contributed by atoms with Crippen molar-refractivity contribution in [3.05, 3.63) is 63.8 Å². The first-order valence-corrected chi connectivity index (χ1v) is 6.11. The lowest BCUT2D eigenvalue weighted by Gasteiger charge is -2.12. The smallest absolute Gasteiger partial charge is 0.423 e. The Kier molecular flexibility index (Phi) is 4.38. The Bertz CT molecular complexity index is 743. The highest BCUT2D eigenvalue weighted by atomic mass is 19.4. The van der Waals surface area contributed by atoms with Crippen LogP contribution in [0.2, 0.25) is 0 Å². The zero-order valence-electron chi connectivity index (χ0n) is 11.0. The second-order valence-corrected chi connectivity index (χ2v) is 4.58. The van der Waals surface area contributed by atoms with Gasteiger partial charge in [-0.15, -0.1) is 0 Å². The SMILES string of the molecule is O=c1cc(B(O)O)ccn1Cc1cccc(C(F)(F)F)c1F. The van der Waals surface area contributed by atoms with Crippen LogP contribution in [0.1, 0.15) is 11.1 Å². The Labute approximate surface area is 122 Å². The molecule has 0 atom stereocenters. The molecule has 0 saturated carbocycles. The molecule has 0 unspecified atom stereocenters. The van der Waals surface area contributed by atoms with Crippen molar-refractivity contribution in [3.63, 3.8) is 0 Å². The Balaban J connectivity index is 2.38. The van der Waals surface area contributed by atoms with Crippen molar-refractivity contribution in [2.45, 2.75) is 12.7 Å². The lowest BCUT2D eigenvalue weighted by molar-refractivity contribution is -0.140. The summed E-state index contributed by atoms with van der Waals surface area (Å²) < 4.78 is 52.7. The van der Waals surface area contributed by atoms with Gasteiger partial charge in [0.25, 0.3) is 0 Å². The molecule has 2 N–H and O–H groups in total. The highest BCUT2D eigenvalue weighted by molar-refractivity contribution is 6.58. The van der Waals surface area contributed by atoms with Crippen LogP contribution in [0.3, 0.4) is 0 Å². The molecule has 4 nitrogen and oxygen atoms in total. The normalized spacial score (nSPS) is 11.5. The minimum Gasteiger partial charge on any atom is -0.423 e. The van der Waals surface area contributed by atoms with Crippen molar-refractivity contribution in [2.24, 2.45) is 0 Å². The third-order valence-electron chi connectivity index (χ3n) is 3.04. The predicted octanol–water partition coefficient (Wildman–Crippen LogP) is 0.734. The Morgan fingerprint density at radius 1 is 1.18 bits per heavy atom. The van der Waals surface area contributed by atoms with E-state index in [0.29, 0.717) is 6.07 Å². The van der Waals surface area contributed by atoms with Gasteiger partial charge in [0.15, 0.2) is 0 Å². The maximum Gasteiger partial charge on any atom is 0.488 e. The molecule has 9 heteroatoms. The number of benzene rings is 1. The van der Waals surface area contributed by atoms with E-state index in [2.05, 4.69) is 0 Å². The number of pyridine rings is 1. The van der Waals surface area contributed by atoms with E-state index < -0.39 is 36.8 Å². The predicted molar refractivity (Wildman–Crippen MR) is 71.0 cm³/mol. The van der Waals surface area contributed by atoms with Crippen LogP contribution >= 0.6 is 0 Å². The first-order valence-electron chi connectivity index (χ1n) is 6.11. The van der Waals surface area contributed by atoms with Gasteiger partial charge in [-0.1, -0.05) is 12.1 Å². The fourth-order valence-electron chi connectivity index (χ4n) is 1.92. The van der Waals surface area contributed by atoms with E-state index in [4.69, 9.17) is 10.0 Å². The van der Waals surface area contributed by atoms with Crippen LogP contribution in [-0.4, -0.2) is 21.7 Å². The number of halogens is 4. The van der Waals surface area contributed by atoms with Crippen LogP contribution in [0.15, 0.2) is 41.3 Å². The molecule has 0 amide bonds. The van der Waals surface area contributed by atoms with Crippen LogP contribution in [-0.2, 0) is 12.7 Å². The van der Waals surface area contributed by atoms with E-state index >= 15 is 0 Å². The zero-order valence-corrected chi connectivity index (χ0v) is 11.0. The van der Waals surface area contributed by atoms with Crippen molar-refractivity contribution in [1.82, 2.24) is 4.57 Å². The molecule has 22 heavy (non-hydrogen) atoms. The topological polar surface area (TPSA) is 62.5 Å². The van der Waals surface area contributed by atoms with Gasteiger partial charge in [-0.25, -0.2) is 4.39 Å². The fourth-order valence-corrected chi connectivity index (χ4v) is 1.92. The fraction of sp³-hybridized carbons (Fsp3) is 0.154. The van der Waals surface area contributed by atoms with E-state index in [1.807, 2.05) is 0 Å². The molecule has 116 valence electrons. The molecule has 0 spiro atoms. The number of alkyl halides is 3. The summed E-state index contributed by atoms with van der Waals surface area (Å²) in [5, 5.41) is 17.8. The first kappa shape index (κ1) is 16.2. The molecule has 0 aliphatic heterocycles. The number of rotatable bonds is 3. The molecule has 1 heterocycles. The molecule has 0 aliphatic rings. The van der Waals surface area contributed by atoms with Gasteiger partial charge in [-0.3, -0.25) is 4.79 Å². The zero-order chi connectivity index (χ0) is 16.5. The van der Waals surface area contributed by atoms with E-state index in [9.17, 15) is 22.4 Å². The number of hydrogen-bond donors (Lipinski definition) is 2. The van der Waals surface area contributed by atoms with Crippen LogP contribution in [0, 0.1) is 5.82 Å². The summed E-state index contributed by atoms with van der Waals surface area (Å²) in [5.41, 5.74) is -2.46. The van der Waals surface area contributed by atoms with Crippen molar-refractivity contribution in [1.29, 1.82) is 0 Å². The summed E-state index contributed by atoms with van der Waals surface area (Å²) >= 11 is 0. The summed E-state index contributed by atoms with van der Waals surface area (Å²) in [7, 11) is -1.84. The summed E-state index contributed by atoms with van der Waals surface area (Å²) in [6.45, 7) is -0.406. The van der Waals surface area contributed by atoms with E-state index in [0.717, 1.165) is 29.0 Å². The molecule has 0 bridgehead atoms. The maximum atomic E-state index is 13.9. The monoisotopic (exact) mass is 315 g/mol. The van der Waals surface area contributed by atoms with Crippen molar-refractivity contribution < 1.29 is 27.6 Å². The van der Waals surface area contributed by atoms with Crippen molar-refractivity contribution in [3.8, 4) is 0 Å². The largest absolute Gasteiger partial charge is 0.488 e. The lowest BCUT2D eigenvalue weighted by Crippen LogP contribution is -2.35. The second-order valence-electron chi connectivity index (χ2n) is 4.58. The van der Waals surface area contributed by atoms with Gasteiger partial charge in [-0.05, 0) is 17.6 Å². The van der Waals surface area contributed by atoms with Gasteiger partial charge in [-0.2, -0.15) is 13.2 Å². The van der Waals surface area contributed by atoms with Crippen molar-refractivity contribution >= 4 is 12.6 Å². The standard InChI is InChI=1S/C13H10BF4NO3/c15-12-8(2-1-3-10(12)13(16,17)18)7-19-5-4-9(14(21)22)6-11(19)20/h1-6,21-22H,7H2. The molecule has 0 fully saturated rings. The van der Waals surface area contributed by atoms with Gasteiger partial charge in [0.05, 0.1) is 12.1 Å². The molecule has 2 aromatic rings. The third kappa shape index (κ3) is 3.37. The summed E-state index contributed by atoms with van der Waals surface area (Å²) in [6.07, 6.45) is -3.67. The van der Waals surface area contributed by atoms with Gasteiger partial charge >= 0.3 is 13.3 Å². The minimum atomic E-state index is -4.82.